The van der Waals surface area contributed by atoms with Gasteiger partial charge in [0.25, 0.3) is 5.91 Å². The third-order valence-corrected chi connectivity index (χ3v) is 3.09. The third kappa shape index (κ3) is 2.36. The zero-order valence-corrected chi connectivity index (χ0v) is 10.2. The summed E-state index contributed by atoms with van der Waals surface area (Å²) in [5.74, 6) is -0.591. The lowest BCUT2D eigenvalue weighted by Gasteiger charge is -2.22. The Morgan fingerprint density at radius 2 is 2.00 bits per heavy atom. The minimum Gasteiger partial charge on any atom is -0.467 e. The molecule has 18 heavy (non-hydrogen) atoms. The monoisotopic (exact) mass is 248 g/mol. The van der Waals surface area contributed by atoms with Gasteiger partial charge in [-0.3, -0.25) is 4.79 Å². The maximum absolute atomic E-state index is 12.3. The molecule has 1 fully saturated rings. The normalized spacial score (nSPS) is 22.9. The number of nitrogens with zero attached hydrogens (tertiary/aromatic N) is 1. The van der Waals surface area contributed by atoms with E-state index in [1.165, 1.54) is 12.0 Å². The second-order valence-electron chi connectivity index (χ2n) is 4.36. The number of carbonyl (C=O) groups is 2. The molecule has 2 N–H and O–H groups in total. The molecular weight excluding hydrogens is 232 g/mol. The lowest BCUT2D eigenvalue weighted by Crippen LogP contribution is -2.41. The number of benzene rings is 1. The molecule has 1 aromatic rings. The minimum atomic E-state index is -0.572. The summed E-state index contributed by atoms with van der Waals surface area (Å²) in [5.41, 5.74) is 6.38. The van der Waals surface area contributed by atoms with Crippen molar-refractivity contribution in [1.82, 2.24) is 4.90 Å². The molecule has 1 heterocycles. The predicted octanol–water partition coefficient (Wildman–Crippen LogP) is 0.401. The summed E-state index contributed by atoms with van der Waals surface area (Å²) in [5, 5.41) is 0. The summed E-state index contributed by atoms with van der Waals surface area (Å²) in [6, 6.07) is 8.11. The Morgan fingerprint density at radius 1 is 1.33 bits per heavy atom. The highest BCUT2D eigenvalue weighted by atomic mass is 16.5. The molecule has 2 atom stereocenters. The first-order valence-corrected chi connectivity index (χ1v) is 5.83. The van der Waals surface area contributed by atoms with Gasteiger partial charge >= 0.3 is 5.97 Å². The quantitative estimate of drug-likeness (QED) is 0.769. The second-order valence-corrected chi connectivity index (χ2v) is 4.36. The van der Waals surface area contributed by atoms with E-state index in [1.807, 2.05) is 6.07 Å². The molecule has 1 aliphatic rings. The smallest absolute Gasteiger partial charge is 0.328 e. The van der Waals surface area contributed by atoms with Crippen LogP contribution in [0.1, 0.15) is 16.8 Å². The standard InChI is InChI=1S/C13H16N2O3/c1-18-13(17)11-7-10(14)8-15(11)12(16)9-5-3-2-4-6-9/h2-6,10-11H,7-8,14H2,1H3/t10-,11+/m1/s1. The number of ether oxygens (including phenoxy) is 1. The van der Waals surface area contributed by atoms with Crippen molar-refractivity contribution >= 4 is 11.9 Å². The van der Waals surface area contributed by atoms with Crippen LogP contribution in [0.4, 0.5) is 0 Å². The van der Waals surface area contributed by atoms with Crippen LogP contribution in [0.5, 0.6) is 0 Å². The van der Waals surface area contributed by atoms with Gasteiger partial charge in [0.05, 0.1) is 7.11 Å². The fraction of sp³-hybridized carbons (Fsp3) is 0.385. The van der Waals surface area contributed by atoms with Crippen LogP contribution < -0.4 is 5.73 Å². The van der Waals surface area contributed by atoms with E-state index in [1.54, 1.807) is 24.3 Å². The highest BCUT2D eigenvalue weighted by Gasteiger charge is 2.39. The van der Waals surface area contributed by atoms with E-state index in [0.29, 0.717) is 18.5 Å². The van der Waals surface area contributed by atoms with E-state index in [9.17, 15) is 9.59 Å². The average Bonchev–Trinajstić information content (AvgIpc) is 2.80. The Balaban J connectivity index is 2.21. The molecule has 1 saturated heterocycles. The average molecular weight is 248 g/mol. The Kier molecular flexibility index (Phi) is 3.62. The van der Waals surface area contributed by atoms with Gasteiger partial charge in [0, 0.05) is 18.2 Å². The van der Waals surface area contributed by atoms with E-state index in [2.05, 4.69) is 0 Å². The van der Waals surface area contributed by atoms with Gasteiger partial charge in [-0.2, -0.15) is 0 Å². The number of methoxy groups -OCH3 is 1. The van der Waals surface area contributed by atoms with Crippen molar-refractivity contribution < 1.29 is 14.3 Å². The summed E-state index contributed by atoms with van der Waals surface area (Å²) in [6.07, 6.45) is 0.450. The van der Waals surface area contributed by atoms with Crippen molar-refractivity contribution in [3.8, 4) is 0 Å². The van der Waals surface area contributed by atoms with E-state index < -0.39 is 12.0 Å². The van der Waals surface area contributed by atoms with Crippen molar-refractivity contribution in [2.75, 3.05) is 13.7 Å². The van der Waals surface area contributed by atoms with Gasteiger partial charge in [-0.15, -0.1) is 0 Å². The Bertz CT molecular complexity index is 447. The number of likely N-dealkylation sites (tertiary alicyclic amines) is 1. The fourth-order valence-electron chi connectivity index (χ4n) is 2.20. The SMILES string of the molecule is COC(=O)[C@@H]1C[C@@H](N)CN1C(=O)c1ccccc1. The number of hydrogen-bond acceptors (Lipinski definition) is 4. The lowest BCUT2D eigenvalue weighted by atomic mass is 10.1. The van der Waals surface area contributed by atoms with Crippen molar-refractivity contribution in [3.63, 3.8) is 0 Å². The summed E-state index contributed by atoms with van der Waals surface area (Å²) >= 11 is 0. The first kappa shape index (κ1) is 12.6. The molecule has 0 spiro atoms. The molecular formula is C13H16N2O3. The van der Waals surface area contributed by atoms with Crippen LogP contribution in [0, 0.1) is 0 Å². The van der Waals surface area contributed by atoms with Gasteiger partial charge in [-0.1, -0.05) is 18.2 Å². The van der Waals surface area contributed by atoms with Crippen LogP contribution in [-0.2, 0) is 9.53 Å². The van der Waals surface area contributed by atoms with Gasteiger partial charge in [0.1, 0.15) is 6.04 Å². The van der Waals surface area contributed by atoms with E-state index in [4.69, 9.17) is 10.5 Å². The van der Waals surface area contributed by atoms with Crippen molar-refractivity contribution in [1.29, 1.82) is 0 Å². The van der Waals surface area contributed by atoms with Crippen LogP contribution in [-0.4, -0.2) is 42.5 Å². The van der Waals surface area contributed by atoms with E-state index >= 15 is 0 Å². The molecule has 1 aliphatic heterocycles. The van der Waals surface area contributed by atoms with Crippen LogP contribution >= 0.6 is 0 Å². The molecule has 0 aromatic heterocycles. The molecule has 2 rings (SSSR count). The third-order valence-electron chi connectivity index (χ3n) is 3.09. The number of amides is 1. The van der Waals surface area contributed by atoms with Crippen molar-refractivity contribution in [2.45, 2.75) is 18.5 Å². The first-order valence-electron chi connectivity index (χ1n) is 5.83. The van der Waals surface area contributed by atoms with Gasteiger partial charge in [0.15, 0.2) is 0 Å². The van der Waals surface area contributed by atoms with Crippen molar-refractivity contribution in [3.05, 3.63) is 35.9 Å². The molecule has 5 heteroatoms. The van der Waals surface area contributed by atoms with Crippen LogP contribution in [0.15, 0.2) is 30.3 Å². The Labute approximate surface area is 106 Å². The predicted molar refractivity (Wildman–Crippen MR) is 65.9 cm³/mol. The maximum Gasteiger partial charge on any atom is 0.328 e. The van der Waals surface area contributed by atoms with E-state index in [-0.39, 0.29) is 11.9 Å². The van der Waals surface area contributed by atoms with Crippen LogP contribution in [0.3, 0.4) is 0 Å². The topological polar surface area (TPSA) is 72.6 Å². The summed E-state index contributed by atoms with van der Waals surface area (Å²) < 4.78 is 4.71. The molecule has 1 aromatic carbocycles. The molecule has 0 bridgehead atoms. The molecule has 0 aliphatic carbocycles. The number of esters is 1. The maximum atomic E-state index is 12.3. The number of hydrogen-bond donors (Lipinski definition) is 1. The number of nitrogens with two attached hydrogens (primary N) is 1. The molecule has 5 nitrogen and oxygen atoms in total. The Hall–Kier alpha value is -1.88. The lowest BCUT2D eigenvalue weighted by molar-refractivity contribution is -0.145. The largest absolute Gasteiger partial charge is 0.467 e. The first-order chi connectivity index (χ1) is 8.63. The zero-order valence-electron chi connectivity index (χ0n) is 10.2. The summed E-state index contributed by atoms with van der Waals surface area (Å²) in [7, 11) is 1.32. The Morgan fingerprint density at radius 3 is 2.61 bits per heavy atom. The molecule has 96 valence electrons. The number of carbonyl (C=O) groups excluding carboxylic acids is 2. The molecule has 0 saturated carbocycles. The van der Waals surface area contributed by atoms with Gasteiger partial charge in [0.2, 0.25) is 0 Å². The van der Waals surface area contributed by atoms with Crippen LogP contribution in [0.2, 0.25) is 0 Å². The highest BCUT2D eigenvalue weighted by Crippen LogP contribution is 2.20. The fourth-order valence-corrected chi connectivity index (χ4v) is 2.20. The van der Waals surface area contributed by atoms with Gasteiger partial charge in [-0.05, 0) is 18.6 Å². The van der Waals surface area contributed by atoms with Gasteiger partial charge < -0.3 is 15.4 Å². The minimum absolute atomic E-state index is 0.179. The van der Waals surface area contributed by atoms with Gasteiger partial charge in [-0.25, -0.2) is 4.79 Å². The summed E-state index contributed by atoms with van der Waals surface area (Å²) in [4.78, 5) is 25.4. The number of rotatable bonds is 2. The van der Waals surface area contributed by atoms with Crippen LogP contribution in [0.25, 0.3) is 0 Å². The molecule has 0 unspecified atom stereocenters. The second kappa shape index (κ2) is 5.18. The summed E-state index contributed by atoms with van der Waals surface area (Å²) in [6.45, 7) is 0.382. The highest BCUT2D eigenvalue weighted by molar-refractivity contribution is 5.97. The van der Waals surface area contributed by atoms with Crippen molar-refractivity contribution in [2.24, 2.45) is 5.73 Å². The molecule has 0 radical (unpaired) electrons. The zero-order chi connectivity index (χ0) is 13.1. The molecule has 1 amide bonds. The van der Waals surface area contributed by atoms with E-state index in [0.717, 1.165) is 0 Å².